The third-order valence-corrected chi connectivity index (χ3v) is 2.54. The molecule has 1 aromatic heterocycles. The standard InChI is InChI=1S/C12H20N2O3/c1-2-5-13-6-3-4-11(13)12(17)14(7-9-15)8-10-16/h3-4,6,15-16H,2,5,7-10H2,1H3. The second-order valence-electron chi connectivity index (χ2n) is 3.83. The van der Waals surface area contributed by atoms with Gasteiger partial charge >= 0.3 is 0 Å². The molecule has 0 aliphatic heterocycles. The van der Waals surface area contributed by atoms with Crippen LogP contribution in [0.5, 0.6) is 0 Å². The van der Waals surface area contributed by atoms with Gasteiger partial charge in [-0.25, -0.2) is 0 Å². The second kappa shape index (κ2) is 7.09. The molecule has 1 heterocycles. The molecule has 0 fully saturated rings. The quantitative estimate of drug-likeness (QED) is 0.721. The molecule has 0 unspecified atom stereocenters. The van der Waals surface area contributed by atoms with Crippen molar-refractivity contribution < 1.29 is 15.0 Å². The Morgan fingerprint density at radius 3 is 2.53 bits per heavy atom. The third kappa shape index (κ3) is 3.57. The lowest BCUT2D eigenvalue weighted by Crippen LogP contribution is -2.36. The summed E-state index contributed by atoms with van der Waals surface area (Å²) in [5.74, 6) is -0.147. The number of carbonyl (C=O) groups excluding carboxylic acids is 1. The van der Waals surface area contributed by atoms with Gasteiger partial charge in [-0.1, -0.05) is 6.92 Å². The minimum atomic E-state index is -0.147. The van der Waals surface area contributed by atoms with Crippen LogP contribution in [0.1, 0.15) is 23.8 Å². The van der Waals surface area contributed by atoms with Crippen LogP contribution in [0.3, 0.4) is 0 Å². The van der Waals surface area contributed by atoms with E-state index in [1.807, 2.05) is 23.8 Å². The molecule has 1 aromatic rings. The molecule has 0 spiro atoms. The van der Waals surface area contributed by atoms with Gasteiger partial charge in [-0.05, 0) is 18.6 Å². The Bertz CT molecular complexity index is 343. The number of aryl methyl sites for hydroxylation is 1. The van der Waals surface area contributed by atoms with Gasteiger partial charge in [-0.15, -0.1) is 0 Å². The number of hydrogen-bond donors (Lipinski definition) is 2. The van der Waals surface area contributed by atoms with E-state index in [9.17, 15) is 4.79 Å². The SMILES string of the molecule is CCCn1cccc1C(=O)N(CCO)CCO. The van der Waals surface area contributed by atoms with Crippen LogP contribution >= 0.6 is 0 Å². The van der Waals surface area contributed by atoms with Crippen LogP contribution in [0.15, 0.2) is 18.3 Å². The lowest BCUT2D eigenvalue weighted by atomic mass is 10.3. The molecule has 96 valence electrons. The molecule has 5 nitrogen and oxygen atoms in total. The van der Waals surface area contributed by atoms with E-state index in [2.05, 4.69) is 0 Å². The zero-order valence-corrected chi connectivity index (χ0v) is 10.2. The first-order valence-electron chi connectivity index (χ1n) is 5.90. The van der Waals surface area contributed by atoms with Gasteiger partial charge in [0.2, 0.25) is 0 Å². The molecule has 1 rings (SSSR count). The summed E-state index contributed by atoms with van der Waals surface area (Å²) in [6, 6.07) is 3.60. The second-order valence-corrected chi connectivity index (χ2v) is 3.83. The maximum absolute atomic E-state index is 12.2. The fourth-order valence-corrected chi connectivity index (χ4v) is 1.76. The Labute approximate surface area is 101 Å². The average molecular weight is 240 g/mol. The molecule has 0 atom stereocenters. The van der Waals surface area contributed by atoms with E-state index in [4.69, 9.17) is 10.2 Å². The van der Waals surface area contributed by atoms with Crippen LogP contribution in [0.2, 0.25) is 0 Å². The molecule has 5 heteroatoms. The zero-order valence-electron chi connectivity index (χ0n) is 10.2. The Kier molecular flexibility index (Phi) is 5.72. The number of amides is 1. The average Bonchev–Trinajstić information content (AvgIpc) is 2.77. The fourth-order valence-electron chi connectivity index (χ4n) is 1.76. The molecule has 0 aliphatic rings. The topological polar surface area (TPSA) is 65.7 Å². The van der Waals surface area contributed by atoms with Crippen LogP contribution in [-0.2, 0) is 6.54 Å². The van der Waals surface area contributed by atoms with Gasteiger partial charge in [0.15, 0.2) is 0 Å². The first-order chi connectivity index (χ1) is 8.24. The lowest BCUT2D eigenvalue weighted by molar-refractivity contribution is 0.0674. The van der Waals surface area contributed by atoms with Crippen molar-refractivity contribution in [2.24, 2.45) is 0 Å². The van der Waals surface area contributed by atoms with Crippen molar-refractivity contribution in [2.45, 2.75) is 19.9 Å². The number of hydrogen-bond acceptors (Lipinski definition) is 3. The smallest absolute Gasteiger partial charge is 0.270 e. The first-order valence-corrected chi connectivity index (χ1v) is 5.90. The highest BCUT2D eigenvalue weighted by Crippen LogP contribution is 2.07. The van der Waals surface area contributed by atoms with Gasteiger partial charge in [-0.3, -0.25) is 4.79 Å². The molecule has 2 N–H and O–H groups in total. The van der Waals surface area contributed by atoms with Crippen molar-refractivity contribution in [1.82, 2.24) is 9.47 Å². The molecule has 0 saturated heterocycles. The van der Waals surface area contributed by atoms with Crippen LogP contribution in [0, 0.1) is 0 Å². The van der Waals surface area contributed by atoms with Gasteiger partial charge in [0.1, 0.15) is 5.69 Å². The van der Waals surface area contributed by atoms with Crippen molar-refractivity contribution >= 4 is 5.91 Å². The highest BCUT2D eigenvalue weighted by molar-refractivity contribution is 5.92. The van der Waals surface area contributed by atoms with Gasteiger partial charge in [0.05, 0.1) is 13.2 Å². The van der Waals surface area contributed by atoms with E-state index in [1.165, 1.54) is 4.90 Å². The number of aliphatic hydroxyl groups is 2. The van der Waals surface area contributed by atoms with Crippen molar-refractivity contribution in [2.75, 3.05) is 26.3 Å². The van der Waals surface area contributed by atoms with E-state index < -0.39 is 0 Å². The summed E-state index contributed by atoms with van der Waals surface area (Å²) in [7, 11) is 0. The Morgan fingerprint density at radius 2 is 2.00 bits per heavy atom. The summed E-state index contributed by atoms with van der Waals surface area (Å²) >= 11 is 0. The molecule has 1 amide bonds. The molecular weight excluding hydrogens is 220 g/mol. The van der Waals surface area contributed by atoms with Gasteiger partial charge in [0.25, 0.3) is 5.91 Å². The molecule has 0 bridgehead atoms. The van der Waals surface area contributed by atoms with Gasteiger partial charge in [0, 0.05) is 25.8 Å². The lowest BCUT2D eigenvalue weighted by Gasteiger charge is -2.21. The largest absolute Gasteiger partial charge is 0.395 e. The zero-order chi connectivity index (χ0) is 12.7. The van der Waals surface area contributed by atoms with E-state index >= 15 is 0 Å². The van der Waals surface area contributed by atoms with Crippen molar-refractivity contribution in [1.29, 1.82) is 0 Å². The number of carbonyl (C=O) groups is 1. The van der Waals surface area contributed by atoms with E-state index in [-0.39, 0.29) is 32.2 Å². The summed E-state index contributed by atoms with van der Waals surface area (Å²) in [5.41, 5.74) is 0.605. The van der Waals surface area contributed by atoms with Gasteiger partial charge in [-0.2, -0.15) is 0 Å². The molecule has 0 aromatic carbocycles. The number of nitrogens with zero attached hydrogens (tertiary/aromatic N) is 2. The monoisotopic (exact) mass is 240 g/mol. The minimum Gasteiger partial charge on any atom is -0.395 e. The summed E-state index contributed by atoms with van der Waals surface area (Å²) in [5, 5.41) is 17.8. The van der Waals surface area contributed by atoms with Gasteiger partial charge < -0.3 is 19.7 Å². The predicted octanol–water partition coefficient (Wildman–Crippen LogP) is 0.325. The summed E-state index contributed by atoms with van der Waals surface area (Å²) in [6.07, 6.45) is 2.82. The molecule has 0 radical (unpaired) electrons. The van der Waals surface area contributed by atoms with Crippen LogP contribution in [0.4, 0.5) is 0 Å². The van der Waals surface area contributed by atoms with E-state index in [1.54, 1.807) is 6.07 Å². The third-order valence-electron chi connectivity index (χ3n) is 2.54. The van der Waals surface area contributed by atoms with Crippen molar-refractivity contribution in [3.63, 3.8) is 0 Å². The van der Waals surface area contributed by atoms with E-state index in [0.717, 1.165) is 13.0 Å². The summed E-state index contributed by atoms with van der Waals surface area (Å²) in [4.78, 5) is 13.6. The molecular formula is C12H20N2O3. The van der Waals surface area contributed by atoms with Crippen LogP contribution in [0.25, 0.3) is 0 Å². The Balaban J connectivity index is 2.80. The molecule has 17 heavy (non-hydrogen) atoms. The van der Waals surface area contributed by atoms with Crippen LogP contribution < -0.4 is 0 Å². The van der Waals surface area contributed by atoms with Crippen molar-refractivity contribution in [3.8, 4) is 0 Å². The molecule has 0 aliphatic carbocycles. The fraction of sp³-hybridized carbons (Fsp3) is 0.583. The number of aliphatic hydroxyl groups excluding tert-OH is 2. The first kappa shape index (κ1) is 13.7. The number of rotatable bonds is 7. The Morgan fingerprint density at radius 1 is 1.35 bits per heavy atom. The van der Waals surface area contributed by atoms with Crippen molar-refractivity contribution in [3.05, 3.63) is 24.0 Å². The minimum absolute atomic E-state index is 0.0970. The Hall–Kier alpha value is -1.33. The highest BCUT2D eigenvalue weighted by atomic mass is 16.3. The predicted molar refractivity (Wildman–Crippen MR) is 64.8 cm³/mol. The highest BCUT2D eigenvalue weighted by Gasteiger charge is 2.17. The van der Waals surface area contributed by atoms with Crippen LogP contribution in [-0.4, -0.2) is 51.9 Å². The van der Waals surface area contributed by atoms with E-state index in [0.29, 0.717) is 5.69 Å². The number of aromatic nitrogens is 1. The summed E-state index contributed by atoms with van der Waals surface area (Å²) in [6.45, 7) is 3.14. The summed E-state index contributed by atoms with van der Waals surface area (Å²) < 4.78 is 1.89. The maximum Gasteiger partial charge on any atom is 0.270 e. The maximum atomic E-state index is 12.2. The normalized spacial score (nSPS) is 10.5. The molecule has 0 saturated carbocycles.